The number of carboxylic acids is 9. The summed E-state index contributed by atoms with van der Waals surface area (Å²) in [7, 11) is 3.69. The highest BCUT2D eigenvalue weighted by Crippen LogP contribution is 2.43. The van der Waals surface area contributed by atoms with E-state index in [1.807, 2.05) is 141 Å². The summed E-state index contributed by atoms with van der Waals surface area (Å²) in [5.74, 6) is -5.50. The standard InChI is InChI=1S/C27H35N3O.C9H12N2O2.C8H10N2O2.2C7H11N3O2.C7H9N3O2.C6H9N3O2.C6H8N2O3.2C6H8N2O2S/c1-19-11-10-13-22(29-19)18-30(17-21-12-8-9-14-28-21)24-16-20(26(2,3)4)15-23(25(24)31)27(5,6)7;1-7-3-2-4-8(11-7)5-10-6-9(12)13;11-8(12)6-9-5-7-3-1-2-4-10-7;1-10-3-2-9-6(10)4-8-5-7(11)12;1-10-3-2-6(9-10)4-8-5-7(11)12;11-7(12)5-8-4-6-9-2-1-3-10-6;10-6(11)4-7-5-9-3-1-2-8-9;9-6(10)4-7-3-5-8-1-2-11-5;9-6(10)2-7-1-5-3-11-4-8-5;9-6(10)4-7-3-5-8-1-2-11-5/h8-16,31H,17-18H2,1-7H3;2-4,10H,5-6H2,1H3,(H,12,13);1-4,9H,5-6H2,(H,11,12);2*2-3,8H,4-5H2,1H3,(H,11,12);1-3,8H,4-5H2,(H,11,12);1-3,7H,4-5H2,(H,10,11);1-2,7H,3-4H2,(H,9,10);3-4,7H,1-2H2,(H,9,10);1-2,7H,3-4H2,(H,9,10). The maximum absolute atomic E-state index is 11.4. The topological polar surface area (TPSA) is 650 Å². The van der Waals surface area contributed by atoms with Crippen molar-refractivity contribution in [2.24, 2.45) is 14.1 Å². The van der Waals surface area contributed by atoms with Gasteiger partial charge in [0.15, 0.2) is 0 Å². The lowest BCUT2D eigenvalue weighted by molar-refractivity contribution is -0.137. The summed E-state index contributed by atoms with van der Waals surface area (Å²) >= 11 is 3.01. The van der Waals surface area contributed by atoms with Gasteiger partial charge in [0, 0.05) is 136 Å². The van der Waals surface area contributed by atoms with E-state index in [0.29, 0.717) is 89.6 Å². The third kappa shape index (κ3) is 57.7. The molecule has 12 rings (SSSR count). The molecule has 0 saturated carbocycles. The van der Waals surface area contributed by atoms with E-state index in [4.69, 9.17) is 55.4 Å². The molecule has 0 spiro atoms. The molecule has 0 aliphatic heterocycles. The summed E-state index contributed by atoms with van der Waals surface area (Å²) < 4.78 is 9.98. The van der Waals surface area contributed by atoms with Crippen molar-refractivity contribution in [3.05, 3.63) is 273 Å². The number of aromatic nitrogens is 15. The maximum atomic E-state index is 11.4. The first-order valence-electron chi connectivity index (χ1n) is 41.7. The normalized spacial score (nSPS) is 10.4. The van der Waals surface area contributed by atoms with Crippen molar-refractivity contribution >= 4 is 82.1 Å². The predicted octanol–water partition coefficient (Wildman–Crippen LogP) is 5.95. The Hall–Kier alpha value is -14.5. The van der Waals surface area contributed by atoms with Gasteiger partial charge in [0.25, 0.3) is 0 Å². The number of carbonyl (C=O) groups is 9. The monoisotopic (exact) mass is 1920 g/mol. The molecule has 45 nitrogen and oxygen atoms in total. The van der Waals surface area contributed by atoms with E-state index in [1.165, 1.54) is 40.7 Å². The van der Waals surface area contributed by atoms with Crippen LogP contribution < -0.4 is 52.8 Å². The molecule has 12 aromatic rings. The molecule has 11 aromatic heterocycles. The van der Waals surface area contributed by atoms with Gasteiger partial charge in [-0.25, -0.2) is 29.9 Å². The minimum absolute atomic E-state index is 0.0143. The second kappa shape index (κ2) is 66.8. The number of nitrogens with one attached hydrogen (secondary N) is 9. The van der Waals surface area contributed by atoms with Gasteiger partial charge >= 0.3 is 53.7 Å². The van der Waals surface area contributed by atoms with Gasteiger partial charge in [-0.1, -0.05) is 71.9 Å². The quantitative estimate of drug-likeness (QED) is 0.0210. The number of oxazole rings is 1. The number of aromatic hydroxyl groups is 1. The minimum atomic E-state index is -0.892. The molecule has 11 heterocycles. The molecule has 0 atom stereocenters. The lowest BCUT2D eigenvalue weighted by Gasteiger charge is -2.32. The van der Waals surface area contributed by atoms with E-state index in [0.717, 1.165) is 67.6 Å². The average molecular weight is 1930 g/mol. The number of imidazole rings is 1. The average Bonchev–Trinajstić information content (AvgIpc) is 1.17. The fourth-order valence-electron chi connectivity index (χ4n) is 10.4. The maximum Gasteiger partial charge on any atom is 0.317 e. The number of anilines is 1. The Balaban J connectivity index is 0.000000400. The Bertz CT molecular complexity index is 5090. The molecule has 0 aliphatic rings. The number of aryl methyl sites for hydroxylation is 4. The molecule has 0 saturated heterocycles. The number of phenols is 1. The van der Waals surface area contributed by atoms with Crippen LogP contribution in [0, 0.1) is 13.8 Å². The largest absolute Gasteiger partial charge is 0.505 e. The Morgan fingerprint density at radius 3 is 1.36 bits per heavy atom. The molecular formula is C89H121N25O20S2. The number of aliphatic carboxylic acids is 9. The van der Waals surface area contributed by atoms with Crippen molar-refractivity contribution < 1.29 is 98.6 Å². The fourth-order valence-corrected chi connectivity index (χ4v) is 11.5. The molecule has 0 radical (unpaired) electrons. The summed E-state index contributed by atoms with van der Waals surface area (Å²) in [4.78, 5) is 134. The second-order valence-corrected chi connectivity index (χ2v) is 32.1. The Morgan fingerprint density at radius 1 is 0.419 bits per heavy atom. The Morgan fingerprint density at radius 2 is 0.904 bits per heavy atom. The van der Waals surface area contributed by atoms with E-state index in [9.17, 15) is 48.3 Å². The first kappa shape index (κ1) is 116. The van der Waals surface area contributed by atoms with Crippen molar-refractivity contribution in [3.8, 4) is 5.75 Å². The molecule has 734 valence electrons. The van der Waals surface area contributed by atoms with Gasteiger partial charge in [-0.3, -0.25) is 93.7 Å². The zero-order valence-electron chi connectivity index (χ0n) is 77.1. The fraction of sp³-hybridized carbons (Fsp3) is 0.360. The summed E-state index contributed by atoms with van der Waals surface area (Å²) in [5.41, 5.74) is 11.8. The van der Waals surface area contributed by atoms with E-state index in [-0.39, 0.29) is 69.7 Å². The molecule has 19 N–H and O–H groups in total. The smallest absolute Gasteiger partial charge is 0.317 e. The van der Waals surface area contributed by atoms with Crippen LogP contribution in [0.1, 0.15) is 121 Å². The zero-order valence-corrected chi connectivity index (χ0v) is 78.8. The van der Waals surface area contributed by atoms with Crippen LogP contribution in [0.4, 0.5) is 5.69 Å². The third-order valence-corrected chi connectivity index (χ3v) is 18.0. The lowest BCUT2D eigenvalue weighted by atomic mass is 9.79. The van der Waals surface area contributed by atoms with Crippen LogP contribution in [0.25, 0.3) is 0 Å². The van der Waals surface area contributed by atoms with E-state index >= 15 is 0 Å². The third-order valence-electron chi connectivity index (χ3n) is 16.6. The number of benzene rings is 1. The number of thiazole rings is 2. The van der Waals surface area contributed by atoms with Crippen molar-refractivity contribution in [1.82, 2.24) is 122 Å². The molecular weight excluding hydrogens is 1800 g/mol. The summed E-state index contributed by atoms with van der Waals surface area (Å²) in [6.07, 6.45) is 20.1. The molecule has 0 amide bonds. The molecule has 0 bridgehead atoms. The number of rotatable bonds is 41. The van der Waals surface area contributed by atoms with E-state index < -0.39 is 53.7 Å². The van der Waals surface area contributed by atoms with Gasteiger partial charge < -0.3 is 91.5 Å². The van der Waals surface area contributed by atoms with Gasteiger partial charge in [0.2, 0.25) is 5.89 Å². The first-order valence-corrected chi connectivity index (χ1v) is 43.5. The Kier molecular flexibility index (Phi) is 56.8. The highest BCUT2D eigenvalue weighted by atomic mass is 32.1. The zero-order chi connectivity index (χ0) is 100. The summed E-state index contributed by atoms with van der Waals surface area (Å²) in [6, 6.07) is 32.8. The molecule has 0 aliphatic carbocycles. The second-order valence-electron chi connectivity index (χ2n) is 30.4. The molecule has 0 unspecified atom stereocenters. The van der Waals surface area contributed by atoms with Crippen LogP contribution in [-0.2, 0) is 140 Å². The van der Waals surface area contributed by atoms with Gasteiger partial charge in [-0.05, 0) is 103 Å². The van der Waals surface area contributed by atoms with Crippen LogP contribution in [0.3, 0.4) is 0 Å². The van der Waals surface area contributed by atoms with Crippen LogP contribution >= 0.6 is 22.7 Å². The van der Waals surface area contributed by atoms with Crippen LogP contribution in [0.5, 0.6) is 5.75 Å². The Labute approximate surface area is 793 Å². The van der Waals surface area contributed by atoms with E-state index in [1.54, 1.807) is 70.4 Å². The van der Waals surface area contributed by atoms with Gasteiger partial charge in [0.05, 0.1) is 150 Å². The highest BCUT2D eigenvalue weighted by Gasteiger charge is 2.28. The van der Waals surface area contributed by atoms with Crippen molar-refractivity contribution in [3.63, 3.8) is 0 Å². The molecule has 1 aromatic carbocycles. The lowest BCUT2D eigenvalue weighted by Crippen LogP contribution is -2.26. The SMILES string of the molecule is Cc1cccc(CN(Cc2ccccn2)c2cc(C(C)(C)C)cc(C(C)(C)C)c2O)n1.Cc1cccc(CNCC(=O)O)n1.Cn1ccc(CNCC(=O)O)n1.Cn1ccnc1CNCC(=O)O.O=C(O)CNCc1ccccn1.O=C(O)CNCc1cscn1.O=C(O)CNCc1ncccn1.O=C(O)CNCc1ncco1.O=C(O)CNCc1nccs1.O=C(O)CNCn1cccn1. The first-order chi connectivity index (χ1) is 64.7. The van der Waals surface area contributed by atoms with Gasteiger partial charge in [0.1, 0.15) is 28.7 Å². The highest BCUT2D eigenvalue weighted by molar-refractivity contribution is 7.09. The molecule has 0 fully saturated rings. The van der Waals surface area contributed by atoms with Gasteiger partial charge in [-0.2, -0.15) is 10.2 Å². The number of phenolic OH excluding ortho intramolecular Hbond substituents is 1. The summed E-state index contributed by atoms with van der Waals surface area (Å²) in [6.45, 7) is 22.0. The van der Waals surface area contributed by atoms with Crippen molar-refractivity contribution in [1.29, 1.82) is 0 Å². The molecule has 47 heteroatoms. The molecule has 136 heavy (non-hydrogen) atoms. The van der Waals surface area contributed by atoms with Gasteiger partial charge in [-0.15, -0.1) is 22.7 Å². The van der Waals surface area contributed by atoms with Crippen LogP contribution in [-0.4, -0.2) is 238 Å². The number of hydrogen-bond acceptors (Lipinski definition) is 35. The van der Waals surface area contributed by atoms with Crippen LogP contribution in [0.2, 0.25) is 0 Å². The van der Waals surface area contributed by atoms with E-state index in [2.05, 4.69) is 161 Å². The predicted molar refractivity (Wildman–Crippen MR) is 504 cm³/mol. The number of carboxylic acid groups (broad SMARTS) is 9. The number of nitrogens with zero attached hydrogens (tertiary/aromatic N) is 16. The van der Waals surface area contributed by atoms with Crippen molar-refractivity contribution in [2.45, 2.75) is 138 Å². The summed E-state index contributed by atoms with van der Waals surface area (Å²) in [5, 5.41) is 123. The number of hydrogen-bond donors (Lipinski definition) is 19. The van der Waals surface area contributed by atoms with Crippen LogP contribution in [0.15, 0.2) is 198 Å². The van der Waals surface area contributed by atoms with Crippen molar-refractivity contribution in [2.75, 3.05) is 63.8 Å². The number of pyridine rings is 4. The minimum Gasteiger partial charge on any atom is -0.505 e.